The average Bonchev–Trinajstić information content (AvgIpc) is 2.69. The van der Waals surface area contributed by atoms with Crippen LogP contribution < -0.4 is 10.6 Å². The Morgan fingerprint density at radius 2 is 1.60 bits per heavy atom. The predicted molar refractivity (Wildman–Crippen MR) is 97.9 cm³/mol. The normalized spacial score (nSPS) is 15.3. The topological polar surface area (TPSA) is 80.8 Å². The molecular formula is C19H20N6. The van der Waals surface area contributed by atoms with Gasteiger partial charge >= 0.3 is 0 Å². The van der Waals surface area contributed by atoms with E-state index in [1.165, 1.54) is 0 Å². The summed E-state index contributed by atoms with van der Waals surface area (Å²) in [5.41, 5.74) is 8.79. The monoisotopic (exact) mass is 332 g/mol. The first kappa shape index (κ1) is 15.7. The lowest BCUT2D eigenvalue weighted by atomic mass is 10.1. The highest BCUT2D eigenvalue weighted by Gasteiger charge is 2.19. The van der Waals surface area contributed by atoms with Crippen molar-refractivity contribution in [2.75, 3.05) is 18.0 Å². The zero-order valence-electron chi connectivity index (χ0n) is 13.9. The van der Waals surface area contributed by atoms with Gasteiger partial charge in [0.15, 0.2) is 5.82 Å². The fourth-order valence-corrected chi connectivity index (χ4v) is 3.01. The van der Waals surface area contributed by atoms with E-state index in [1.807, 2.05) is 36.5 Å². The number of hydrogen-bond donors (Lipinski definition) is 1. The summed E-state index contributed by atoms with van der Waals surface area (Å²) >= 11 is 0. The minimum absolute atomic E-state index is 0.286. The Labute approximate surface area is 146 Å². The van der Waals surface area contributed by atoms with Crippen LogP contribution in [0.3, 0.4) is 0 Å². The molecule has 6 nitrogen and oxygen atoms in total. The fraction of sp³-hybridized carbons (Fsp3) is 0.263. The summed E-state index contributed by atoms with van der Waals surface area (Å²) < 4.78 is 0. The van der Waals surface area contributed by atoms with Crippen molar-refractivity contribution in [2.45, 2.75) is 18.9 Å². The van der Waals surface area contributed by atoms with Crippen LogP contribution in [0.25, 0.3) is 22.6 Å². The van der Waals surface area contributed by atoms with Gasteiger partial charge in [-0.15, -0.1) is 0 Å². The first-order chi connectivity index (χ1) is 12.3. The summed E-state index contributed by atoms with van der Waals surface area (Å²) in [4.78, 5) is 20.2. The lowest BCUT2D eigenvalue weighted by molar-refractivity contribution is 0.498. The molecule has 0 amide bonds. The molecule has 0 radical (unpaired) electrons. The molecule has 1 saturated heterocycles. The van der Waals surface area contributed by atoms with Gasteiger partial charge in [0, 0.05) is 61.1 Å². The predicted octanol–water partition coefficient (Wildman–Crippen LogP) is 2.53. The van der Waals surface area contributed by atoms with Crippen molar-refractivity contribution in [1.29, 1.82) is 0 Å². The number of piperidine rings is 1. The van der Waals surface area contributed by atoms with Crippen molar-refractivity contribution in [1.82, 2.24) is 19.9 Å². The van der Waals surface area contributed by atoms with E-state index in [0.29, 0.717) is 5.82 Å². The number of nitrogens with two attached hydrogens (primary N) is 1. The molecule has 6 heteroatoms. The number of rotatable bonds is 3. The van der Waals surface area contributed by atoms with E-state index in [4.69, 9.17) is 15.7 Å². The SMILES string of the molecule is NC1CCN(c2cc(-c3cccnc3)nc(-c3cccnc3)n2)CC1. The summed E-state index contributed by atoms with van der Waals surface area (Å²) in [6.07, 6.45) is 9.09. The molecule has 2 N–H and O–H groups in total. The van der Waals surface area contributed by atoms with Gasteiger partial charge in [0.25, 0.3) is 0 Å². The summed E-state index contributed by atoms with van der Waals surface area (Å²) in [5.74, 6) is 1.61. The first-order valence-electron chi connectivity index (χ1n) is 8.50. The lowest BCUT2D eigenvalue weighted by Gasteiger charge is -2.31. The lowest BCUT2D eigenvalue weighted by Crippen LogP contribution is -2.40. The van der Waals surface area contributed by atoms with Gasteiger partial charge in [-0.3, -0.25) is 9.97 Å². The maximum atomic E-state index is 6.04. The number of hydrogen-bond acceptors (Lipinski definition) is 6. The van der Waals surface area contributed by atoms with Gasteiger partial charge in [0.2, 0.25) is 0 Å². The first-order valence-corrected chi connectivity index (χ1v) is 8.50. The maximum absolute atomic E-state index is 6.04. The average molecular weight is 332 g/mol. The second kappa shape index (κ2) is 6.94. The minimum Gasteiger partial charge on any atom is -0.356 e. The van der Waals surface area contributed by atoms with Crippen LogP contribution >= 0.6 is 0 Å². The van der Waals surface area contributed by atoms with Crippen molar-refractivity contribution >= 4 is 5.82 Å². The third-order valence-electron chi connectivity index (χ3n) is 4.45. The highest BCUT2D eigenvalue weighted by molar-refractivity contribution is 5.67. The fourth-order valence-electron chi connectivity index (χ4n) is 3.01. The van der Waals surface area contributed by atoms with Crippen molar-refractivity contribution < 1.29 is 0 Å². The molecule has 1 aliphatic rings. The van der Waals surface area contributed by atoms with Gasteiger partial charge in [-0.05, 0) is 37.1 Å². The summed E-state index contributed by atoms with van der Waals surface area (Å²) in [6.45, 7) is 1.83. The van der Waals surface area contributed by atoms with E-state index < -0.39 is 0 Å². The number of pyridine rings is 2. The molecule has 1 aliphatic heterocycles. The van der Waals surface area contributed by atoms with Crippen LogP contribution in [0.1, 0.15) is 12.8 Å². The molecule has 4 heterocycles. The molecule has 4 rings (SSSR count). The van der Waals surface area contributed by atoms with Crippen molar-refractivity contribution in [2.24, 2.45) is 5.73 Å². The number of nitrogens with zero attached hydrogens (tertiary/aromatic N) is 5. The van der Waals surface area contributed by atoms with E-state index in [0.717, 1.165) is 48.6 Å². The number of anilines is 1. The molecule has 3 aromatic rings. The van der Waals surface area contributed by atoms with Crippen molar-refractivity contribution in [3.63, 3.8) is 0 Å². The highest BCUT2D eigenvalue weighted by Crippen LogP contribution is 2.26. The molecule has 126 valence electrons. The Bertz CT molecular complexity index is 771. The van der Waals surface area contributed by atoms with Crippen LogP contribution in [0.4, 0.5) is 5.82 Å². The number of aromatic nitrogens is 4. The Kier molecular flexibility index (Phi) is 4.35. The maximum Gasteiger partial charge on any atom is 0.163 e. The van der Waals surface area contributed by atoms with Crippen LogP contribution in [-0.4, -0.2) is 39.1 Å². The van der Waals surface area contributed by atoms with Gasteiger partial charge in [-0.2, -0.15) is 0 Å². The molecule has 0 bridgehead atoms. The Morgan fingerprint density at radius 1 is 0.920 bits per heavy atom. The molecule has 0 atom stereocenters. The summed E-state index contributed by atoms with van der Waals surface area (Å²) in [5, 5.41) is 0. The Morgan fingerprint density at radius 3 is 2.24 bits per heavy atom. The zero-order valence-corrected chi connectivity index (χ0v) is 13.9. The Balaban J connectivity index is 1.78. The van der Waals surface area contributed by atoms with Gasteiger partial charge in [-0.1, -0.05) is 0 Å². The second-order valence-electron chi connectivity index (χ2n) is 6.24. The van der Waals surface area contributed by atoms with Gasteiger partial charge in [-0.25, -0.2) is 9.97 Å². The molecular weight excluding hydrogens is 312 g/mol. The summed E-state index contributed by atoms with van der Waals surface area (Å²) in [7, 11) is 0. The molecule has 0 aromatic carbocycles. The van der Waals surface area contributed by atoms with E-state index in [9.17, 15) is 0 Å². The van der Waals surface area contributed by atoms with Crippen LogP contribution in [0.5, 0.6) is 0 Å². The van der Waals surface area contributed by atoms with Crippen molar-refractivity contribution in [3.05, 3.63) is 55.1 Å². The van der Waals surface area contributed by atoms with E-state index in [-0.39, 0.29) is 6.04 Å². The molecule has 0 spiro atoms. The van der Waals surface area contributed by atoms with Crippen LogP contribution in [0, 0.1) is 0 Å². The third kappa shape index (κ3) is 3.49. The van der Waals surface area contributed by atoms with E-state index in [1.54, 1.807) is 18.6 Å². The third-order valence-corrected chi connectivity index (χ3v) is 4.45. The minimum atomic E-state index is 0.286. The second-order valence-corrected chi connectivity index (χ2v) is 6.24. The van der Waals surface area contributed by atoms with Gasteiger partial charge in [0.05, 0.1) is 5.69 Å². The zero-order chi connectivity index (χ0) is 17.1. The summed E-state index contributed by atoms with van der Waals surface area (Å²) in [6, 6.07) is 10.1. The van der Waals surface area contributed by atoms with Crippen LogP contribution in [0.15, 0.2) is 55.1 Å². The smallest absolute Gasteiger partial charge is 0.163 e. The van der Waals surface area contributed by atoms with Gasteiger partial charge in [0.1, 0.15) is 5.82 Å². The Hall–Kier alpha value is -2.86. The molecule has 25 heavy (non-hydrogen) atoms. The molecule has 0 unspecified atom stereocenters. The van der Waals surface area contributed by atoms with Crippen molar-refractivity contribution in [3.8, 4) is 22.6 Å². The van der Waals surface area contributed by atoms with Crippen LogP contribution in [0.2, 0.25) is 0 Å². The molecule has 0 aliphatic carbocycles. The van der Waals surface area contributed by atoms with E-state index >= 15 is 0 Å². The van der Waals surface area contributed by atoms with E-state index in [2.05, 4.69) is 14.9 Å². The largest absolute Gasteiger partial charge is 0.356 e. The highest BCUT2D eigenvalue weighted by atomic mass is 15.2. The van der Waals surface area contributed by atoms with Gasteiger partial charge < -0.3 is 10.6 Å². The molecule has 1 fully saturated rings. The standard InChI is InChI=1S/C19H20N6/c20-16-5-9-25(10-6-16)18-11-17(14-3-1-7-21-12-14)23-19(24-18)15-4-2-8-22-13-15/h1-4,7-8,11-13,16H,5-6,9-10,20H2. The van der Waals surface area contributed by atoms with Crippen LogP contribution in [-0.2, 0) is 0 Å². The quantitative estimate of drug-likeness (QED) is 0.794. The molecule has 0 saturated carbocycles. The molecule has 3 aromatic heterocycles.